The van der Waals surface area contributed by atoms with E-state index in [1.165, 1.54) is 11.1 Å². The molecule has 26 heavy (non-hydrogen) atoms. The first-order chi connectivity index (χ1) is 12.7. The lowest BCUT2D eigenvalue weighted by Gasteiger charge is -2.26. The zero-order valence-corrected chi connectivity index (χ0v) is 15.7. The summed E-state index contributed by atoms with van der Waals surface area (Å²) in [7, 11) is 0. The molecular weight excluding hydrogens is 338 g/mol. The van der Waals surface area contributed by atoms with Crippen LogP contribution in [0.25, 0.3) is 0 Å². The van der Waals surface area contributed by atoms with E-state index in [1.54, 1.807) is 6.20 Å². The van der Waals surface area contributed by atoms with Gasteiger partial charge in [-0.05, 0) is 53.5 Å². The summed E-state index contributed by atoms with van der Waals surface area (Å²) in [6.45, 7) is 3.61. The summed E-state index contributed by atoms with van der Waals surface area (Å²) < 4.78 is 0. The van der Waals surface area contributed by atoms with Gasteiger partial charge in [0.05, 0.1) is 0 Å². The van der Waals surface area contributed by atoms with Crippen LogP contribution in [0.4, 0.5) is 5.69 Å². The molecule has 0 fully saturated rings. The molecular formula is C22H23N3S. The van der Waals surface area contributed by atoms with E-state index in [2.05, 4.69) is 76.7 Å². The van der Waals surface area contributed by atoms with Crippen LogP contribution >= 0.6 is 12.2 Å². The number of benzene rings is 2. The monoisotopic (exact) mass is 361 g/mol. The van der Waals surface area contributed by atoms with E-state index >= 15 is 0 Å². The summed E-state index contributed by atoms with van der Waals surface area (Å²) in [5.74, 6) is 0. The van der Waals surface area contributed by atoms with Crippen molar-refractivity contribution in [2.75, 3.05) is 5.32 Å². The maximum atomic E-state index is 5.71. The highest BCUT2D eigenvalue weighted by Gasteiger charge is 2.12. The molecule has 0 unspecified atom stereocenters. The number of aromatic nitrogens is 1. The minimum Gasteiger partial charge on any atom is -0.340 e. The Morgan fingerprint density at radius 1 is 0.885 bits per heavy atom. The lowest BCUT2D eigenvalue weighted by atomic mass is 10.1. The number of anilines is 1. The number of rotatable bonds is 6. The van der Waals surface area contributed by atoms with Crippen LogP contribution in [-0.2, 0) is 19.5 Å². The molecule has 3 aromatic rings. The van der Waals surface area contributed by atoms with E-state index in [0.717, 1.165) is 24.2 Å². The molecule has 3 rings (SSSR count). The van der Waals surface area contributed by atoms with E-state index in [1.807, 2.05) is 18.3 Å². The maximum absolute atomic E-state index is 5.71. The van der Waals surface area contributed by atoms with Crippen molar-refractivity contribution < 1.29 is 0 Å². The van der Waals surface area contributed by atoms with E-state index in [4.69, 9.17) is 12.2 Å². The fraction of sp³-hybridized carbons (Fsp3) is 0.182. The number of thiocarbonyl (C=S) groups is 1. The topological polar surface area (TPSA) is 28.2 Å². The quantitative estimate of drug-likeness (QED) is 0.622. The SMILES string of the molecule is CCc1ccc(NC(=S)N(Cc2ccccc2)Cc2cccnc2)cc1. The fourth-order valence-electron chi connectivity index (χ4n) is 2.74. The Kier molecular flexibility index (Phi) is 6.34. The van der Waals surface area contributed by atoms with Gasteiger partial charge in [0.15, 0.2) is 5.11 Å². The molecule has 0 saturated carbocycles. The number of hydrogen-bond donors (Lipinski definition) is 1. The van der Waals surface area contributed by atoms with Gasteiger partial charge >= 0.3 is 0 Å². The van der Waals surface area contributed by atoms with Crippen molar-refractivity contribution in [1.82, 2.24) is 9.88 Å². The second-order valence-electron chi connectivity index (χ2n) is 6.18. The van der Waals surface area contributed by atoms with Gasteiger partial charge in [-0.3, -0.25) is 4.98 Å². The van der Waals surface area contributed by atoms with Gasteiger partial charge in [-0.25, -0.2) is 0 Å². The molecule has 2 aromatic carbocycles. The predicted octanol–water partition coefficient (Wildman–Crippen LogP) is 5.04. The first kappa shape index (κ1) is 18.1. The van der Waals surface area contributed by atoms with Gasteiger partial charge < -0.3 is 10.2 Å². The molecule has 0 aliphatic heterocycles. The van der Waals surface area contributed by atoms with Crippen molar-refractivity contribution in [3.05, 3.63) is 95.8 Å². The summed E-state index contributed by atoms with van der Waals surface area (Å²) in [6, 6.07) is 22.8. The van der Waals surface area contributed by atoms with Gasteiger partial charge in [-0.2, -0.15) is 0 Å². The summed E-state index contributed by atoms with van der Waals surface area (Å²) in [6.07, 6.45) is 4.71. The first-order valence-corrected chi connectivity index (χ1v) is 9.23. The standard InChI is InChI=1S/C22H23N3S/c1-2-18-10-12-21(13-11-18)24-22(26)25(16-19-7-4-3-5-8-19)17-20-9-6-14-23-15-20/h3-15H,2,16-17H2,1H3,(H,24,26). The van der Waals surface area contributed by atoms with E-state index < -0.39 is 0 Å². The van der Waals surface area contributed by atoms with Crippen molar-refractivity contribution in [1.29, 1.82) is 0 Å². The molecule has 0 amide bonds. The maximum Gasteiger partial charge on any atom is 0.174 e. The van der Waals surface area contributed by atoms with Crippen molar-refractivity contribution in [3.63, 3.8) is 0 Å². The van der Waals surface area contributed by atoms with Gasteiger partial charge in [0.1, 0.15) is 0 Å². The first-order valence-electron chi connectivity index (χ1n) is 8.82. The minimum absolute atomic E-state index is 0.710. The number of hydrogen-bond acceptors (Lipinski definition) is 2. The zero-order chi connectivity index (χ0) is 18.2. The minimum atomic E-state index is 0.710. The van der Waals surface area contributed by atoms with Crippen LogP contribution in [0.2, 0.25) is 0 Å². The van der Waals surface area contributed by atoms with Gasteiger partial charge in [-0.1, -0.05) is 55.5 Å². The average Bonchev–Trinajstić information content (AvgIpc) is 2.69. The molecule has 0 bridgehead atoms. The van der Waals surface area contributed by atoms with E-state index in [-0.39, 0.29) is 0 Å². The molecule has 1 aromatic heterocycles. The molecule has 0 saturated heterocycles. The Labute approximate surface area is 160 Å². The molecule has 1 heterocycles. The van der Waals surface area contributed by atoms with Crippen LogP contribution < -0.4 is 5.32 Å². The Morgan fingerprint density at radius 3 is 2.23 bits per heavy atom. The Bertz CT molecular complexity index is 776. The normalized spacial score (nSPS) is 10.3. The molecule has 4 heteroatoms. The second-order valence-corrected chi connectivity index (χ2v) is 6.57. The Hall–Kier alpha value is -2.72. The van der Waals surface area contributed by atoms with E-state index in [0.29, 0.717) is 11.7 Å². The van der Waals surface area contributed by atoms with Crippen LogP contribution in [0.1, 0.15) is 23.6 Å². The molecule has 1 N–H and O–H groups in total. The molecule has 0 atom stereocenters. The summed E-state index contributed by atoms with van der Waals surface area (Å²) in [4.78, 5) is 6.38. The van der Waals surface area contributed by atoms with Gasteiger partial charge in [0.2, 0.25) is 0 Å². The zero-order valence-electron chi connectivity index (χ0n) is 14.9. The largest absolute Gasteiger partial charge is 0.340 e. The predicted molar refractivity (Wildman–Crippen MR) is 112 cm³/mol. The Balaban J connectivity index is 1.75. The van der Waals surface area contributed by atoms with Gasteiger partial charge in [-0.15, -0.1) is 0 Å². The van der Waals surface area contributed by atoms with E-state index in [9.17, 15) is 0 Å². The lowest BCUT2D eigenvalue weighted by Crippen LogP contribution is -2.33. The summed E-state index contributed by atoms with van der Waals surface area (Å²) >= 11 is 5.71. The van der Waals surface area contributed by atoms with Crippen LogP contribution in [0, 0.1) is 0 Å². The fourth-order valence-corrected chi connectivity index (χ4v) is 2.99. The third kappa shape index (κ3) is 5.14. The number of aryl methyl sites for hydroxylation is 1. The van der Waals surface area contributed by atoms with Crippen molar-refractivity contribution in [3.8, 4) is 0 Å². The number of nitrogens with one attached hydrogen (secondary N) is 1. The number of nitrogens with zero attached hydrogens (tertiary/aromatic N) is 2. The Morgan fingerprint density at radius 2 is 1.58 bits per heavy atom. The third-order valence-electron chi connectivity index (χ3n) is 4.21. The molecule has 132 valence electrons. The van der Waals surface area contributed by atoms with Crippen LogP contribution in [0.3, 0.4) is 0 Å². The highest BCUT2D eigenvalue weighted by Crippen LogP contribution is 2.14. The highest BCUT2D eigenvalue weighted by atomic mass is 32.1. The lowest BCUT2D eigenvalue weighted by molar-refractivity contribution is 0.412. The summed E-state index contributed by atoms with van der Waals surface area (Å²) in [5, 5.41) is 4.08. The third-order valence-corrected chi connectivity index (χ3v) is 4.57. The van der Waals surface area contributed by atoms with Crippen molar-refractivity contribution >= 4 is 23.0 Å². The molecule has 0 aliphatic carbocycles. The second kappa shape index (κ2) is 9.11. The molecule has 0 spiro atoms. The van der Waals surface area contributed by atoms with Crippen LogP contribution in [0.15, 0.2) is 79.1 Å². The average molecular weight is 362 g/mol. The smallest absolute Gasteiger partial charge is 0.174 e. The van der Waals surface area contributed by atoms with Gasteiger partial charge in [0, 0.05) is 31.2 Å². The van der Waals surface area contributed by atoms with Crippen molar-refractivity contribution in [2.45, 2.75) is 26.4 Å². The highest BCUT2D eigenvalue weighted by molar-refractivity contribution is 7.80. The van der Waals surface area contributed by atoms with Crippen molar-refractivity contribution in [2.24, 2.45) is 0 Å². The summed E-state index contributed by atoms with van der Waals surface area (Å²) in [5.41, 5.74) is 4.69. The van der Waals surface area contributed by atoms with Crippen LogP contribution in [-0.4, -0.2) is 15.0 Å². The molecule has 3 nitrogen and oxygen atoms in total. The van der Waals surface area contributed by atoms with Gasteiger partial charge in [0.25, 0.3) is 0 Å². The van der Waals surface area contributed by atoms with Crippen LogP contribution in [0.5, 0.6) is 0 Å². The number of pyridine rings is 1. The molecule has 0 radical (unpaired) electrons. The molecule has 0 aliphatic rings.